The zero-order valence-corrected chi connectivity index (χ0v) is 13.4. The van der Waals surface area contributed by atoms with Gasteiger partial charge in [-0.1, -0.05) is 17.7 Å². The fourth-order valence-electron chi connectivity index (χ4n) is 2.11. The number of benzene rings is 1. The van der Waals surface area contributed by atoms with Crippen molar-refractivity contribution in [1.82, 2.24) is 10.6 Å². The van der Waals surface area contributed by atoms with Crippen LogP contribution in [-0.2, 0) is 19.1 Å². The van der Waals surface area contributed by atoms with E-state index < -0.39 is 36.0 Å². The molecule has 1 fully saturated rings. The van der Waals surface area contributed by atoms with Crippen molar-refractivity contribution < 1.29 is 23.9 Å². The Morgan fingerprint density at radius 2 is 1.92 bits per heavy atom. The summed E-state index contributed by atoms with van der Waals surface area (Å²) >= 11 is 0. The number of carbonyl (C=O) groups is 4. The molecule has 0 aromatic heterocycles. The Bertz CT molecular complexity index is 656. The molecular weight excluding hydrogens is 314 g/mol. The van der Waals surface area contributed by atoms with Gasteiger partial charge in [0, 0.05) is 12.1 Å². The van der Waals surface area contributed by atoms with Crippen LogP contribution >= 0.6 is 0 Å². The lowest BCUT2D eigenvalue weighted by atomic mass is 10.1. The van der Waals surface area contributed by atoms with E-state index in [9.17, 15) is 19.2 Å². The molecule has 0 radical (unpaired) electrons. The average molecular weight is 333 g/mol. The van der Waals surface area contributed by atoms with Gasteiger partial charge in [0.05, 0.1) is 0 Å². The number of hydrogen-bond donors (Lipinski definition) is 3. The maximum Gasteiger partial charge on any atom is 0.322 e. The van der Waals surface area contributed by atoms with Crippen molar-refractivity contribution in [3.8, 4) is 0 Å². The van der Waals surface area contributed by atoms with E-state index in [0.29, 0.717) is 5.69 Å². The minimum atomic E-state index is -0.967. The fraction of sp³-hybridized carbons (Fsp3) is 0.375. The van der Waals surface area contributed by atoms with E-state index in [1.54, 1.807) is 12.1 Å². The Kier molecular flexibility index (Phi) is 5.51. The molecule has 1 aromatic carbocycles. The highest BCUT2D eigenvalue weighted by Crippen LogP contribution is 2.10. The quantitative estimate of drug-likeness (QED) is 0.528. The molecule has 0 aliphatic carbocycles. The van der Waals surface area contributed by atoms with Crippen LogP contribution in [-0.4, -0.2) is 36.0 Å². The number of anilines is 1. The summed E-state index contributed by atoms with van der Waals surface area (Å²) < 4.78 is 5.03. The molecule has 0 saturated carbocycles. The Labute approximate surface area is 138 Å². The minimum absolute atomic E-state index is 0.0828. The lowest BCUT2D eigenvalue weighted by Crippen LogP contribution is -2.32. The van der Waals surface area contributed by atoms with Crippen LogP contribution in [0.15, 0.2) is 24.3 Å². The topological polar surface area (TPSA) is 114 Å². The van der Waals surface area contributed by atoms with Gasteiger partial charge < -0.3 is 15.4 Å². The number of urea groups is 1. The average Bonchev–Trinajstić information content (AvgIpc) is 2.85. The van der Waals surface area contributed by atoms with Crippen molar-refractivity contribution in [3.63, 3.8) is 0 Å². The summed E-state index contributed by atoms with van der Waals surface area (Å²) in [7, 11) is 0. The maximum atomic E-state index is 12.0. The molecule has 0 bridgehead atoms. The molecule has 4 amide bonds. The molecule has 3 N–H and O–H groups in total. The number of aryl methyl sites for hydroxylation is 1. The minimum Gasteiger partial charge on any atom is -0.453 e. The molecule has 2 unspecified atom stereocenters. The second kappa shape index (κ2) is 7.58. The summed E-state index contributed by atoms with van der Waals surface area (Å²) in [5.41, 5.74) is 1.68. The lowest BCUT2D eigenvalue weighted by Gasteiger charge is -2.14. The first-order valence-electron chi connectivity index (χ1n) is 7.53. The van der Waals surface area contributed by atoms with E-state index in [4.69, 9.17) is 4.74 Å². The van der Waals surface area contributed by atoms with Gasteiger partial charge in [-0.2, -0.15) is 0 Å². The van der Waals surface area contributed by atoms with Crippen LogP contribution in [0.1, 0.15) is 25.3 Å². The molecule has 24 heavy (non-hydrogen) atoms. The number of amides is 4. The second-order valence-electron chi connectivity index (χ2n) is 5.54. The second-order valence-corrected chi connectivity index (χ2v) is 5.54. The van der Waals surface area contributed by atoms with Gasteiger partial charge in [0.15, 0.2) is 6.10 Å². The van der Waals surface area contributed by atoms with Crippen molar-refractivity contribution in [1.29, 1.82) is 0 Å². The van der Waals surface area contributed by atoms with E-state index in [0.717, 1.165) is 5.56 Å². The van der Waals surface area contributed by atoms with Gasteiger partial charge in [0.25, 0.3) is 11.8 Å². The van der Waals surface area contributed by atoms with Crippen LogP contribution in [0.3, 0.4) is 0 Å². The smallest absolute Gasteiger partial charge is 0.322 e. The van der Waals surface area contributed by atoms with Gasteiger partial charge in [-0.15, -0.1) is 0 Å². The molecule has 1 aromatic rings. The molecule has 1 aliphatic heterocycles. The lowest BCUT2D eigenvalue weighted by molar-refractivity contribution is -0.153. The van der Waals surface area contributed by atoms with Crippen LogP contribution in [0, 0.1) is 6.92 Å². The molecule has 1 heterocycles. The van der Waals surface area contributed by atoms with Gasteiger partial charge in [-0.3, -0.25) is 19.7 Å². The Hall–Kier alpha value is -2.90. The summed E-state index contributed by atoms with van der Waals surface area (Å²) in [5, 5.41) is 7.11. The van der Waals surface area contributed by atoms with Gasteiger partial charge in [-0.05, 0) is 32.4 Å². The van der Waals surface area contributed by atoms with Gasteiger partial charge in [-0.25, -0.2) is 4.79 Å². The third-order valence-corrected chi connectivity index (χ3v) is 3.49. The predicted molar refractivity (Wildman–Crippen MR) is 85.1 cm³/mol. The Balaban J connectivity index is 1.76. The first-order chi connectivity index (χ1) is 11.3. The molecule has 2 rings (SSSR count). The summed E-state index contributed by atoms with van der Waals surface area (Å²) in [5.74, 6) is -1.53. The number of hydrogen-bond acceptors (Lipinski definition) is 5. The SMILES string of the molecule is Cc1ccc(NC(=O)C(C)OC(=O)CCC2NC(=O)NC2=O)cc1. The monoisotopic (exact) mass is 333 g/mol. The normalized spacial score (nSPS) is 17.7. The molecule has 0 spiro atoms. The van der Waals surface area contributed by atoms with Crippen LogP contribution in [0.5, 0.6) is 0 Å². The molecular formula is C16H19N3O5. The van der Waals surface area contributed by atoms with E-state index in [-0.39, 0.29) is 12.8 Å². The van der Waals surface area contributed by atoms with Crippen LogP contribution in [0.2, 0.25) is 0 Å². The third kappa shape index (κ3) is 4.80. The summed E-state index contributed by atoms with van der Waals surface area (Å²) in [6.45, 7) is 3.40. The van der Waals surface area contributed by atoms with E-state index >= 15 is 0 Å². The van der Waals surface area contributed by atoms with Crippen LogP contribution in [0.4, 0.5) is 10.5 Å². The number of esters is 1. The number of carbonyl (C=O) groups excluding carboxylic acids is 4. The van der Waals surface area contributed by atoms with E-state index in [2.05, 4.69) is 16.0 Å². The molecule has 1 saturated heterocycles. The van der Waals surface area contributed by atoms with Crippen LogP contribution in [0.25, 0.3) is 0 Å². The van der Waals surface area contributed by atoms with Crippen molar-refractivity contribution in [2.45, 2.75) is 38.8 Å². The van der Waals surface area contributed by atoms with Gasteiger partial charge in [0.2, 0.25) is 0 Å². The Morgan fingerprint density at radius 1 is 1.25 bits per heavy atom. The maximum absolute atomic E-state index is 12.0. The number of nitrogens with one attached hydrogen (secondary N) is 3. The third-order valence-electron chi connectivity index (χ3n) is 3.49. The molecule has 8 nitrogen and oxygen atoms in total. The highest BCUT2D eigenvalue weighted by molar-refractivity contribution is 6.04. The Morgan fingerprint density at radius 3 is 2.50 bits per heavy atom. The number of imide groups is 1. The highest BCUT2D eigenvalue weighted by Gasteiger charge is 2.30. The highest BCUT2D eigenvalue weighted by atomic mass is 16.5. The molecule has 2 atom stereocenters. The number of rotatable bonds is 6. The van der Waals surface area contributed by atoms with Crippen molar-refractivity contribution >= 4 is 29.5 Å². The standard InChI is InChI=1S/C16H19N3O5/c1-9-3-5-11(6-4-9)17-14(21)10(2)24-13(20)8-7-12-15(22)19-16(23)18-12/h3-6,10,12H,7-8H2,1-2H3,(H,17,21)(H2,18,19,22,23). The molecule has 8 heteroatoms. The largest absolute Gasteiger partial charge is 0.453 e. The summed E-state index contributed by atoms with van der Waals surface area (Å²) in [6, 6.07) is 5.89. The van der Waals surface area contributed by atoms with Crippen molar-refractivity contribution in [2.24, 2.45) is 0 Å². The molecule has 128 valence electrons. The van der Waals surface area contributed by atoms with Crippen molar-refractivity contribution in [2.75, 3.05) is 5.32 Å². The zero-order chi connectivity index (χ0) is 17.7. The zero-order valence-electron chi connectivity index (χ0n) is 13.4. The summed E-state index contributed by atoms with van der Waals surface area (Å²) in [6.07, 6.45) is -0.936. The summed E-state index contributed by atoms with van der Waals surface area (Å²) in [4.78, 5) is 46.0. The fourth-order valence-corrected chi connectivity index (χ4v) is 2.11. The first-order valence-corrected chi connectivity index (χ1v) is 7.53. The molecule has 1 aliphatic rings. The van der Waals surface area contributed by atoms with Gasteiger partial charge in [0.1, 0.15) is 6.04 Å². The van der Waals surface area contributed by atoms with Crippen LogP contribution < -0.4 is 16.0 Å². The number of ether oxygens (including phenoxy) is 1. The van der Waals surface area contributed by atoms with E-state index in [1.807, 2.05) is 19.1 Å². The van der Waals surface area contributed by atoms with Crippen molar-refractivity contribution in [3.05, 3.63) is 29.8 Å². The van der Waals surface area contributed by atoms with E-state index in [1.165, 1.54) is 6.92 Å². The van der Waals surface area contributed by atoms with Gasteiger partial charge >= 0.3 is 12.0 Å². The predicted octanol–water partition coefficient (Wildman–Crippen LogP) is 0.853. The first kappa shape index (κ1) is 17.5.